The van der Waals surface area contributed by atoms with Crippen LogP contribution in [0.5, 0.6) is 0 Å². The van der Waals surface area contributed by atoms with Gasteiger partial charge in [0.15, 0.2) is 0 Å². The molecule has 0 radical (unpaired) electrons. The van der Waals surface area contributed by atoms with Crippen LogP contribution in [0.25, 0.3) is 10.9 Å². The Hall–Kier alpha value is -2.10. The van der Waals surface area contributed by atoms with E-state index in [-0.39, 0.29) is 0 Å². The molecule has 0 bridgehead atoms. The molecule has 0 aliphatic carbocycles. The second-order valence-corrected chi connectivity index (χ2v) is 4.55. The molecule has 4 heteroatoms. The van der Waals surface area contributed by atoms with Crippen molar-refractivity contribution in [2.75, 3.05) is 28.2 Å². The van der Waals surface area contributed by atoms with Crippen molar-refractivity contribution in [2.45, 2.75) is 0 Å². The Morgan fingerprint density at radius 3 is 2.33 bits per heavy atom. The average molecular weight is 242 g/mol. The number of para-hydroxylation sites is 1. The van der Waals surface area contributed by atoms with Crippen LogP contribution in [-0.2, 0) is 0 Å². The fraction of sp³-hybridized carbons (Fsp3) is 0.286. The number of benzene rings is 1. The van der Waals surface area contributed by atoms with Gasteiger partial charge in [-0.25, -0.2) is 4.99 Å². The van der Waals surface area contributed by atoms with E-state index >= 15 is 0 Å². The monoisotopic (exact) mass is 242 g/mol. The van der Waals surface area contributed by atoms with Crippen molar-refractivity contribution in [2.24, 2.45) is 4.99 Å². The van der Waals surface area contributed by atoms with Gasteiger partial charge in [-0.3, -0.25) is 4.98 Å². The third-order valence-electron chi connectivity index (χ3n) is 2.63. The normalized spacial score (nSPS) is 10.2. The molecule has 0 amide bonds. The summed E-state index contributed by atoms with van der Waals surface area (Å²) in [5.41, 5.74) is 1.83. The minimum atomic E-state index is 0.894. The average Bonchev–Trinajstić information content (AvgIpc) is 2.35. The first-order valence-corrected chi connectivity index (χ1v) is 5.86. The number of aliphatic imine (C=N–C) groups is 1. The third-order valence-corrected chi connectivity index (χ3v) is 2.63. The van der Waals surface area contributed by atoms with Crippen LogP contribution in [0.2, 0.25) is 0 Å². The number of aromatic nitrogens is 1. The van der Waals surface area contributed by atoms with Crippen LogP contribution in [-0.4, -0.2) is 48.9 Å². The van der Waals surface area contributed by atoms with Crippen LogP contribution in [0.15, 0.2) is 41.5 Å². The van der Waals surface area contributed by atoms with E-state index in [4.69, 9.17) is 4.99 Å². The highest BCUT2D eigenvalue weighted by Gasteiger charge is 2.07. The lowest BCUT2D eigenvalue weighted by Crippen LogP contribution is -2.35. The molecule has 0 fully saturated rings. The first-order chi connectivity index (χ1) is 8.59. The molecule has 94 valence electrons. The van der Waals surface area contributed by atoms with Gasteiger partial charge in [0.1, 0.15) is 0 Å². The Kier molecular flexibility index (Phi) is 3.46. The van der Waals surface area contributed by atoms with E-state index in [1.165, 1.54) is 0 Å². The number of fused-ring (bicyclic) bond motifs is 1. The summed E-state index contributed by atoms with van der Waals surface area (Å²) < 4.78 is 0. The molecular formula is C14H18N4. The summed E-state index contributed by atoms with van der Waals surface area (Å²) in [7, 11) is 7.93. The van der Waals surface area contributed by atoms with Gasteiger partial charge in [0.25, 0.3) is 0 Å². The van der Waals surface area contributed by atoms with E-state index in [2.05, 4.69) is 4.98 Å². The van der Waals surface area contributed by atoms with Gasteiger partial charge in [-0.1, -0.05) is 18.2 Å². The maximum Gasteiger partial charge on any atom is 0.200 e. The Morgan fingerprint density at radius 1 is 1.00 bits per heavy atom. The molecule has 0 N–H and O–H groups in total. The molecule has 0 unspecified atom stereocenters. The van der Waals surface area contributed by atoms with Crippen molar-refractivity contribution in [3.05, 3.63) is 36.5 Å². The fourth-order valence-corrected chi connectivity index (χ4v) is 1.89. The Morgan fingerprint density at radius 2 is 1.67 bits per heavy atom. The van der Waals surface area contributed by atoms with Crippen LogP contribution < -0.4 is 0 Å². The summed E-state index contributed by atoms with van der Waals surface area (Å²) in [6.45, 7) is 0. The summed E-state index contributed by atoms with van der Waals surface area (Å²) in [4.78, 5) is 13.1. The second-order valence-electron chi connectivity index (χ2n) is 4.55. The molecule has 0 saturated carbocycles. The number of rotatable bonds is 1. The topological polar surface area (TPSA) is 31.7 Å². The highest BCUT2D eigenvalue weighted by Crippen LogP contribution is 2.23. The first kappa shape index (κ1) is 12.4. The van der Waals surface area contributed by atoms with Gasteiger partial charge in [0, 0.05) is 39.8 Å². The van der Waals surface area contributed by atoms with Gasteiger partial charge in [0.05, 0.1) is 11.2 Å². The highest BCUT2D eigenvalue weighted by atomic mass is 15.3. The fourth-order valence-electron chi connectivity index (χ4n) is 1.89. The third kappa shape index (κ3) is 2.42. The molecule has 2 rings (SSSR count). The zero-order chi connectivity index (χ0) is 13.1. The van der Waals surface area contributed by atoms with E-state index in [0.717, 1.165) is 22.5 Å². The summed E-state index contributed by atoms with van der Waals surface area (Å²) in [6.07, 6.45) is 1.80. The first-order valence-electron chi connectivity index (χ1n) is 5.86. The number of nitrogens with zero attached hydrogens (tertiary/aromatic N) is 4. The van der Waals surface area contributed by atoms with E-state index in [1.54, 1.807) is 6.20 Å². The maximum atomic E-state index is 4.69. The van der Waals surface area contributed by atoms with Crippen LogP contribution in [0.1, 0.15) is 0 Å². The van der Waals surface area contributed by atoms with E-state index in [1.807, 2.05) is 68.3 Å². The van der Waals surface area contributed by atoms with E-state index < -0.39 is 0 Å². The molecule has 1 aromatic heterocycles. The van der Waals surface area contributed by atoms with Crippen molar-refractivity contribution >= 4 is 22.5 Å². The quantitative estimate of drug-likeness (QED) is 0.568. The molecular weight excluding hydrogens is 224 g/mol. The van der Waals surface area contributed by atoms with Gasteiger partial charge in [-0.15, -0.1) is 0 Å². The summed E-state index contributed by atoms with van der Waals surface area (Å²) in [5.74, 6) is 0.896. The molecule has 2 aromatic rings. The van der Waals surface area contributed by atoms with Gasteiger partial charge in [-0.05, 0) is 12.1 Å². The maximum absolute atomic E-state index is 4.69. The molecule has 0 spiro atoms. The Labute approximate surface area is 108 Å². The van der Waals surface area contributed by atoms with Crippen molar-refractivity contribution < 1.29 is 0 Å². The van der Waals surface area contributed by atoms with Crippen LogP contribution in [0.3, 0.4) is 0 Å². The van der Waals surface area contributed by atoms with Gasteiger partial charge in [-0.2, -0.15) is 0 Å². The van der Waals surface area contributed by atoms with Crippen LogP contribution in [0.4, 0.5) is 5.69 Å². The number of pyridine rings is 1. The predicted molar refractivity (Wildman–Crippen MR) is 76.2 cm³/mol. The van der Waals surface area contributed by atoms with Gasteiger partial charge >= 0.3 is 0 Å². The van der Waals surface area contributed by atoms with E-state index in [9.17, 15) is 0 Å². The zero-order valence-electron chi connectivity index (χ0n) is 11.3. The number of hydrogen-bond donors (Lipinski definition) is 0. The van der Waals surface area contributed by atoms with Crippen LogP contribution >= 0.6 is 0 Å². The van der Waals surface area contributed by atoms with Crippen molar-refractivity contribution in [3.63, 3.8) is 0 Å². The van der Waals surface area contributed by atoms with Crippen molar-refractivity contribution in [1.82, 2.24) is 14.8 Å². The summed E-state index contributed by atoms with van der Waals surface area (Å²) in [5, 5.41) is 1.11. The van der Waals surface area contributed by atoms with E-state index in [0.29, 0.717) is 0 Å². The smallest absolute Gasteiger partial charge is 0.200 e. The molecule has 4 nitrogen and oxygen atoms in total. The second kappa shape index (κ2) is 5.04. The molecule has 0 atom stereocenters. The lowest BCUT2D eigenvalue weighted by molar-refractivity contribution is 0.484. The largest absolute Gasteiger partial charge is 0.349 e. The van der Waals surface area contributed by atoms with Gasteiger partial charge < -0.3 is 9.80 Å². The standard InChI is InChI=1S/C14H18N4/c1-17(2)14(18(3)4)16-12-9-5-7-11-8-6-10-15-13(11)12/h5-10H,1-4H3. The minimum absolute atomic E-state index is 0.894. The molecule has 1 aromatic carbocycles. The molecule has 0 aliphatic rings. The SMILES string of the molecule is CN(C)C(=Nc1cccc2cccnc12)N(C)C. The predicted octanol–water partition coefficient (Wildman–Crippen LogP) is 2.35. The Balaban J connectivity index is 2.57. The molecule has 1 heterocycles. The lowest BCUT2D eigenvalue weighted by Gasteiger charge is -2.22. The molecule has 18 heavy (non-hydrogen) atoms. The Bertz CT molecular complexity index is 558. The minimum Gasteiger partial charge on any atom is -0.349 e. The lowest BCUT2D eigenvalue weighted by atomic mass is 10.2. The number of hydrogen-bond acceptors (Lipinski definition) is 2. The van der Waals surface area contributed by atoms with Crippen molar-refractivity contribution in [1.29, 1.82) is 0 Å². The summed E-state index contributed by atoms with van der Waals surface area (Å²) >= 11 is 0. The zero-order valence-corrected chi connectivity index (χ0v) is 11.3. The number of guanidine groups is 1. The van der Waals surface area contributed by atoms with Crippen LogP contribution in [0, 0.1) is 0 Å². The molecule has 0 saturated heterocycles. The summed E-state index contributed by atoms with van der Waals surface area (Å²) in [6, 6.07) is 10.0. The molecule has 0 aliphatic heterocycles. The van der Waals surface area contributed by atoms with Crippen molar-refractivity contribution in [3.8, 4) is 0 Å². The highest BCUT2D eigenvalue weighted by molar-refractivity contribution is 5.92. The van der Waals surface area contributed by atoms with Gasteiger partial charge in [0.2, 0.25) is 5.96 Å².